The summed E-state index contributed by atoms with van der Waals surface area (Å²) >= 11 is 3.60. The summed E-state index contributed by atoms with van der Waals surface area (Å²) in [5.74, 6) is 2.05. The number of hydrogen-bond donors (Lipinski definition) is 0. The smallest absolute Gasteiger partial charge is 0.197 e. The summed E-state index contributed by atoms with van der Waals surface area (Å²) in [7, 11) is 5.42. The van der Waals surface area contributed by atoms with Gasteiger partial charge in [-0.25, -0.2) is 4.68 Å². The SMILES string of the molecule is COC1=C[C@@H]2[C@@H]3Cc4ccc(OC)c(OCc5cn(Cc6ccccc6Br)nn5)c4[C@]2(CCN3C)CC1=O. The third-order valence-electron chi connectivity index (χ3n) is 8.43. The first kappa shape index (κ1) is 25.1. The number of carbonyl (C=O) groups excluding carboxylic acids is 1. The highest BCUT2D eigenvalue weighted by Crippen LogP contribution is 2.58. The minimum absolute atomic E-state index is 0.0451. The number of piperidine rings is 1. The predicted octanol–water partition coefficient (Wildman–Crippen LogP) is 4.29. The number of halogens is 1. The molecule has 3 atom stereocenters. The number of benzene rings is 2. The number of ketones is 1. The van der Waals surface area contributed by atoms with Crippen molar-refractivity contribution >= 4 is 21.7 Å². The van der Waals surface area contributed by atoms with E-state index in [-0.39, 0.29) is 23.7 Å². The second kappa shape index (κ2) is 9.85. The van der Waals surface area contributed by atoms with Crippen molar-refractivity contribution in [2.45, 2.75) is 43.9 Å². The number of likely N-dealkylation sites (N-methyl/N-ethyl adjacent to an activating group) is 1. The molecule has 9 heteroatoms. The Morgan fingerprint density at radius 2 is 2.00 bits per heavy atom. The minimum atomic E-state index is -0.356. The highest BCUT2D eigenvalue weighted by atomic mass is 79.9. The highest BCUT2D eigenvalue weighted by Gasteiger charge is 2.56. The van der Waals surface area contributed by atoms with Crippen molar-refractivity contribution in [1.82, 2.24) is 19.9 Å². The summed E-state index contributed by atoms with van der Waals surface area (Å²) in [4.78, 5) is 15.6. The Morgan fingerprint density at radius 1 is 1.16 bits per heavy atom. The summed E-state index contributed by atoms with van der Waals surface area (Å²) < 4.78 is 20.6. The van der Waals surface area contributed by atoms with E-state index in [9.17, 15) is 4.79 Å². The van der Waals surface area contributed by atoms with Crippen molar-refractivity contribution in [1.29, 1.82) is 0 Å². The van der Waals surface area contributed by atoms with E-state index in [4.69, 9.17) is 14.2 Å². The molecule has 0 N–H and O–H groups in total. The molecule has 0 unspecified atom stereocenters. The maximum absolute atomic E-state index is 13.2. The average molecular weight is 579 g/mol. The molecule has 2 bridgehead atoms. The maximum atomic E-state index is 13.2. The molecule has 1 aliphatic heterocycles. The number of nitrogens with zero attached hydrogens (tertiary/aromatic N) is 4. The molecule has 6 rings (SSSR count). The first-order valence-electron chi connectivity index (χ1n) is 12.9. The first-order chi connectivity index (χ1) is 18.4. The fraction of sp³-hybridized carbons (Fsp3) is 0.414. The van der Waals surface area contributed by atoms with E-state index < -0.39 is 0 Å². The Morgan fingerprint density at radius 3 is 2.79 bits per heavy atom. The third-order valence-corrected chi connectivity index (χ3v) is 9.20. The molecule has 0 radical (unpaired) electrons. The van der Waals surface area contributed by atoms with E-state index in [1.165, 1.54) is 5.56 Å². The Bertz CT molecular complexity index is 1420. The highest BCUT2D eigenvalue weighted by molar-refractivity contribution is 9.10. The number of allylic oxidation sites excluding steroid dienone is 1. The van der Waals surface area contributed by atoms with E-state index in [1.54, 1.807) is 14.2 Å². The number of methoxy groups -OCH3 is 2. The van der Waals surface area contributed by atoms with Crippen molar-refractivity contribution in [3.63, 3.8) is 0 Å². The van der Waals surface area contributed by atoms with Gasteiger partial charge in [0, 0.05) is 33.8 Å². The zero-order chi connectivity index (χ0) is 26.4. The Balaban J connectivity index is 1.34. The van der Waals surface area contributed by atoms with Crippen molar-refractivity contribution in [2.24, 2.45) is 5.92 Å². The lowest BCUT2D eigenvalue weighted by Crippen LogP contribution is -2.60. The second-order valence-corrected chi connectivity index (χ2v) is 11.3. The zero-order valence-corrected chi connectivity index (χ0v) is 23.4. The van der Waals surface area contributed by atoms with Crippen LogP contribution in [0.1, 0.15) is 35.2 Å². The van der Waals surface area contributed by atoms with Gasteiger partial charge in [0.05, 0.1) is 27.0 Å². The molecule has 198 valence electrons. The number of fused-ring (bicyclic) bond motifs is 1. The van der Waals surface area contributed by atoms with E-state index in [1.807, 2.05) is 35.1 Å². The normalized spacial score (nSPS) is 24.3. The molecule has 8 nitrogen and oxygen atoms in total. The van der Waals surface area contributed by atoms with Gasteiger partial charge in [-0.2, -0.15) is 0 Å². The molecule has 1 saturated heterocycles. The van der Waals surface area contributed by atoms with Crippen LogP contribution >= 0.6 is 15.9 Å². The summed E-state index contributed by atoms with van der Waals surface area (Å²) in [6.45, 7) is 1.78. The Labute approximate surface area is 230 Å². The van der Waals surface area contributed by atoms with Crippen LogP contribution < -0.4 is 9.47 Å². The Hall–Kier alpha value is -3.17. The summed E-state index contributed by atoms with van der Waals surface area (Å²) in [6, 6.07) is 12.5. The van der Waals surface area contributed by atoms with E-state index in [0.717, 1.165) is 40.7 Å². The van der Waals surface area contributed by atoms with E-state index in [0.29, 0.717) is 36.3 Å². The van der Waals surface area contributed by atoms with Crippen LogP contribution in [0.15, 0.2) is 58.9 Å². The fourth-order valence-corrected chi connectivity index (χ4v) is 6.99. The number of likely N-dealkylation sites (tertiary alicyclic amines) is 1. The van der Waals surface area contributed by atoms with Gasteiger partial charge in [0.25, 0.3) is 0 Å². The van der Waals surface area contributed by atoms with Crippen LogP contribution in [0.2, 0.25) is 0 Å². The van der Waals surface area contributed by atoms with Gasteiger partial charge in [-0.05, 0) is 55.8 Å². The van der Waals surface area contributed by atoms with Gasteiger partial charge in [-0.15, -0.1) is 5.10 Å². The number of rotatable bonds is 7. The van der Waals surface area contributed by atoms with Crippen molar-refractivity contribution in [3.05, 3.63) is 81.3 Å². The Kier molecular flexibility index (Phi) is 6.52. The monoisotopic (exact) mass is 578 g/mol. The number of aromatic nitrogens is 3. The third kappa shape index (κ3) is 4.12. The molecule has 2 aromatic carbocycles. The number of hydrogen-bond acceptors (Lipinski definition) is 7. The standard InChI is InChI=1S/C29H31BrN4O4/c1-33-11-10-29-14-24(35)26(37-3)13-21(29)23(33)12-18-8-9-25(36-2)28(27(18)29)38-17-20-16-34(32-31-20)15-19-6-4-5-7-22(19)30/h4-9,13,16,21,23H,10-12,14-15,17H2,1-3H3/t21-,23+,29-/m1/s1. The van der Waals surface area contributed by atoms with E-state index in [2.05, 4.69) is 56.4 Å². The average Bonchev–Trinajstić information content (AvgIpc) is 3.37. The lowest BCUT2D eigenvalue weighted by molar-refractivity contribution is -0.122. The van der Waals surface area contributed by atoms with Gasteiger partial charge in [0.1, 0.15) is 12.3 Å². The molecule has 3 aliphatic rings. The van der Waals surface area contributed by atoms with Crippen molar-refractivity contribution in [3.8, 4) is 11.5 Å². The van der Waals surface area contributed by atoms with Gasteiger partial charge in [-0.1, -0.05) is 45.4 Å². The number of ether oxygens (including phenoxy) is 3. The molecule has 1 fully saturated rings. The van der Waals surface area contributed by atoms with Crippen LogP contribution in [0.3, 0.4) is 0 Å². The predicted molar refractivity (Wildman–Crippen MR) is 145 cm³/mol. The minimum Gasteiger partial charge on any atom is -0.493 e. The van der Waals surface area contributed by atoms with Gasteiger partial charge in [-0.3, -0.25) is 4.79 Å². The molecule has 38 heavy (non-hydrogen) atoms. The molecular formula is C29H31BrN4O4. The molecule has 2 heterocycles. The van der Waals surface area contributed by atoms with Gasteiger partial charge >= 0.3 is 0 Å². The molecule has 2 aliphatic carbocycles. The van der Waals surface area contributed by atoms with Crippen LogP contribution in [-0.4, -0.2) is 59.5 Å². The molecular weight excluding hydrogens is 548 g/mol. The topological polar surface area (TPSA) is 78.7 Å². The first-order valence-corrected chi connectivity index (χ1v) is 13.7. The van der Waals surface area contributed by atoms with Gasteiger partial charge in [0.2, 0.25) is 0 Å². The van der Waals surface area contributed by atoms with Crippen LogP contribution in [0.4, 0.5) is 0 Å². The molecule has 0 spiro atoms. The second-order valence-electron chi connectivity index (χ2n) is 10.4. The van der Waals surface area contributed by atoms with Gasteiger partial charge in [0.15, 0.2) is 23.0 Å². The van der Waals surface area contributed by atoms with Crippen LogP contribution in [-0.2, 0) is 34.5 Å². The van der Waals surface area contributed by atoms with Crippen LogP contribution in [0.5, 0.6) is 11.5 Å². The van der Waals surface area contributed by atoms with E-state index >= 15 is 0 Å². The largest absolute Gasteiger partial charge is 0.493 e. The quantitative estimate of drug-likeness (QED) is 0.413. The molecule has 0 amide bonds. The molecule has 0 saturated carbocycles. The summed E-state index contributed by atoms with van der Waals surface area (Å²) in [6.07, 6.45) is 6.11. The maximum Gasteiger partial charge on any atom is 0.197 e. The van der Waals surface area contributed by atoms with Crippen LogP contribution in [0, 0.1) is 5.92 Å². The lowest BCUT2D eigenvalue weighted by atomic mass is 9.53. The van der Waals surface area contributed by atoms with Gasteiger partial charge < -0.3 is 19.1 Å². The lowest BCUT2D eigenvalue weighted by Gasteiger charge is -2.56. The van der Waals surface area contributed by atoms with Crippen molar-refractivity contribution < 1.29 is 19.0 Å². The van der Waals surface area contributed by atoms with Crippen LogP contribution in [0.25, 0.3) is 0 Å². The fourth-order valence-electron chi connectivity index (χ4n) is 6.58. The van der Waals surface area contributed by atoms with Crippen molar-refractivity contribution in [2.75, 3.05) is 27.8 Å². The number of Topliss-reactive ketones (excluding diaryl/α,β-unsaturated/α-hetero) is 1. The molecule has 3 aromatic rings. The zero-order valence-electron chi connectivity index (χ0n) is 21.8. The summed E-state index contributed by atoms with van der Waals surface area (Å²) in [5.41, 5.74) is 3.81. The number of carbonyl (C=O) groups is 1. The molecule has 1 aromatic heterocycles. The summed E-state index contributed by atoms with van der Waals surface area (Å²) in [5, 5.41) is 8.66.